The number of hydrogen-bond acceptors (Lipinski definition) is 4. The number of fused-ring (bicyclic) bond motifs is 2. The third-order valence-corrected chi connectivity index (χ3v) is 5.31. The number of benzene rings is 2. The van der Waals surface area contributed by atoms with Gasteiger partial charge in [0.1, 0.15) is 0 Å². The Bertz CT molecular complexity index is 895. The van der Waals surface area contributed by atoms with E-state index >= 15 is 0 Å². The molecule has 2 aliphatic rings. The number of anilines is 1. The molecule has 134 valence electrons. The van der Waals surface area contributed by atoms with Gasteiger partial charge >= 0.3 is 0 Å². The second kappa shape index (κ2) is 6.05. The van der Waals surface area contributed by atoms with Crippen molar-refractivity contribution in [3.63, 3.8) is 0 Å². The van der Waals surface area contributed by atoms with Gasteiger partial charge in [-0.15, -0.1) is 0 Å². The van der Waals surface area contributed by atoms with E-state index in [-0.39, 0.29) is 11.8 Å². The van der Waals surface area contributed by atoms with Crippen LogP contribution in [0, 0.1) is 0 Å². The van der Waals surface area contributed by atoms with Crippen LogP contribution in [-0.4, -0.2) is 44.0 Å². The predicted octanol–water partition coefficient (Wildman–Crippen LogP) is 2.44. The molecule has 0 aliphatic carbocycles. The summed E-state index contributed by atoms with van der Waals surface area (Å²) >= 11 is 0. The summed E-state index contributed by atoms with van der Waals surface area (Å²) in [5.74, 6) is 0.948. The lowest BCUT2D eigenvalue weighted by molar-refractivity contribution is -0.120. The first-order valence-electron chi connectivity index (χ1n) is 8.51. The molecule has 0 radical (unpaired) electrons. The minimum atomic E-state index is -0.650. The monoisotopic (exact) mass is 352 g/mol. The lowest BCUT2D eigenvalue weighted by atomic mass is 9.81. The molecule has 26 heavy (non-hydrogen) atoms. The van der Waals surface area contributed by atoms with Crippen LogP contribution in [0.3, 0.4) is 0 Å². The van der Waals surface area contributed by atoms with E-state index in [1.807, 2.05) is 24.3 Å². The Labute approximate surface area is 151 Å². The van der Waals surface area contributed by atoms with Gasteiger partial charge in [0.05, 0.1) is 19.6 Å². The molecule has 6 nitrogen and oxygen atoms in total. The van der Waals surface area contributed by atoms with Crippen LogP contribution in [0.25, 0.3) is 0 Å². The van der Waals surface area contributed by atoms with Crippen LogP contribution in [0.1, 0.15) is 22.3 Å². The van der Waals surface area contributed by atoms with Crippen molar-refractivity contribution < 1.29 is 19.1 Å². The number of para-hydroxylation sites is 1. The van der Waals surface area contributed by atoms with E-state index in [0.717, 1.165) is 11.3 Å². The Morgan fingerprint density at radius 1 is 1.12 bits per heavy atom. The first-order valence-corrected chi connectivity index (χ1v) is 8.51. The maximum atomic E-state index is 13.0. The second-order valence-corrected chi connectivity index (χ2v) is 6.63. The molecule has 2 heterocycles. The molecule has 2 amide bonds. The van der Waals surface area contributed by atoms with Crippen molar-refractivity contribution in [2.45, 2.75) is 11.8 Å². The molecule has 2 aromatic carbocycles. The summed E-state index contributed by atoms with van der Waals surface area (Å²) in [6, 6.07) is 12.8. The van der Waals surface area contributed by atoms with E-state index in [4.69, 9.17) is 9.47 Å². The highest BCUT2D eigenvalue weighted by Gasteiger charge is 2.52. The molecule has 0 saturated carbocycles. The topological polar surface area (TPSA) is 67.9 Å². The van der Waals surface area contributed by atoms with Crippen molar-refractivity contribution in [3.05, 3.63) is 53.6 Å². The highest BCUT2D eigenvalue weighted by atomic mass is 16.5. The van der Waals surface area contributed by atoms with Crippen LogP contribution in [0.5, 0.6) is 11.5 Å². The number of carbonyl (C=O) groups is 2. The van der Waals surface area contributed by atoms with Gasteiger partial charge in [0, 0.05) is 24.3 Å². The highest BCUT2D eigenvalue weighted by Crippen LogP contribution is 2.44. The van der Waals surface area contributed by atoms with Crippen LogP contribution >= 0.6 is 0 Å². The Morgan fingerprint density at radius 3 is 2.65 bits per heavy atom. The fourth-order valence-electron chi connectivity index (χ4n) is 3.91. The maximum absolute atomic E-state index is 13.0. The van der Waals surface area contributed by atoms with E-state index in [2.05, 4.69) is 5.32 Å². The van der Waals surface area contributed by atoms with Gasteiger partial charge in [0.25, 0.3) is 5.91 Å². The zero-order chi connectivity index (χ0) is 18.3. The zero-order valence-corrected chi connectivity index (χ0v) is 14.7. The van der Waals surface area contributed by atoms with Crippen LogP contribution in [0.4, 0.5) is 5.69 Å². The molecular formula is C20H20N2O4. The Morgan fingerprint density at radius 2 is 1.88 bits per heavy atom. The number of rotatable bonds is 3. The summed E-state index contributed by atoms with van der Waals surface area (Å²) < 4.78 is 10.5. The third kappa shape index (κ3) is 2.33. The van der Waals surface area contributed by atoms with Gasteiger partial charge in [-0.2, -0.15) is 0 Å². The van der Waals surface area contributed by atoms with Crippen molar-refractivity contribution in [3.8, 4) is 11.5 Å². The van der Waals surface area contributed by atoms with Crippen molar-refractivity contribution in [2.24, 2.45) is 0 Å². The van der Waals surface area contributed by atoms with Crippen molar-refractivity contribution in [1.82, 2.24) is 4.90 Å². The molecule has 2 aromatic rings. The quantitative estimate of drug-likeness (QED) is 0.921. The number of hydrogen-bond donors (Lipinski definition) is 1. The lowest BCUT2D eigenvalue weighted by Gasteiger charge is -2.23. The average molecular weight is 352 g/mol. The Hall–Kier alpha value is -3.02. The van der Waals surface area contributed by atoms with Gasteiger partial charge < -0.3 is 19.7 Å². The van der Waals surface area contributed by atoms with E-state index in [1.54, 1.807) is 30.2 Å². The average Bonchev–Trinajstić information content (AvgIpc) is 3.24. The molecule has 1 N–H and O–H groups in total. The van der Waals surface area contributed by atoms with Crippen LogP contribution in [0.2, 0.25) is 0 Å². The molecule has 1 atom stereocenters. The third-order valence-electron chi connectivity index (χ3n) is 5.31. The minimum absolute atomic E-state index is 0.0266. The van der Waals surface area contributed by atoms with Gasteiger partial charge in [-0.3, -0.25) is 9.59 Å². The van der Waals surface area contributed by atoms with Gasteiger partial charge in [0.2, 0.25) is 5.91 Å². The lowest BCUT2D eigenvalue weighted by Crippen LogP contribution is -2.39. The van der Waals surface area contributed by atoms with Gasteiger partial charge in [-0.1, -0.05) is 18.2 Å². The normalized spacial score (nSPS) is 20.8. The first-order chi connectivity index (χ1) is 12.6. The second-order valence-electron chi connectivity index (χ2n) is 6.63. The van der Waals surface area contributed by atoms with Crippen molar-refractivity contribution >= 4 is 17.5 Å². The maximum Gasteiger partial charge on any atom is 0.254 e. The summed E-state index contributed by atoms with van der Waals surface area (Å²) in [6.07, 6.45) is 0.620. The number of ether oxygens (including phenoxy) is 2. The summed E-state index contributed by atoms with van der Waals surface area (Å²) in [6.45, 7) is 0.915. The zero-order valence-electron chi connectivity index (χ0n) is 14.7. The van der Waals surface area contributed by atoms with Crippen LogP contribution in [0.15, 0.2) is 42.5 Å². The Kier molecular flexibility index (Phi) is 3.83. The predicted molar refractivity (Wildman–Crippen MR) is 96.8 cm³/mol. The molecular weight excluding hydrogens is 332 g/mol. The molecule has 1 fully saturated rings. The van der Waals surface area contributed by atoms with Gasteiger partial charge in [-0.05, 0) is 36.2 Å². The molecule has 2 aliphatic heterocycles. The molecule has 1 saturated heterocycles. The summed E-state index contributed by atoms with van der Waals surface area (Å²) in [4.78, 5) is 27.4. The first kappa shape index (κ1) is 16.4. The molecule has 0 bridgehead atoms. The molecule has 0 aromatic heterocycles. The Balaban J connectivity index is 1.62. The molecule has 6 heteroatoms. The van der Waals surface area contributed by atoms with Gasteiger partial charge in [0.15, 0.2) is 11.5 Å². The standard InChI is InChI=1S/C20H20N2O4/c1-25-16-8-7-13(11-17(16)26-2)18(23)22-10-9-20(12-22)14-5-3-4-6-15(14)21-19(20)24/h3-8,11H,9-10,12H2,1-2H3,(H,21,24)/t20-/m1/s1. The van der Waals surface area contributed by atoms with Crippen molar-refractivity contribution in [1.29, 1.82) is 0 Å². The SMILES string of the molecule is COc1ccc(C(=O)N2CC[C@]3(C2)C(=O)Nc2ccccc23)cc1OC. The fraction of sp³-hybridized carbons (Fsp3) is 0.300. The molecule has 0 unspecified atom stereocenters. The number of methoxy groups -OCH3 is 2. The number of carbonyl (C=O) groups excluding carboxylic acids is 2. The number of amides is 2. The number of nitrogens with zero attached hydrogens (tertiary/aromatic N) is 1. The molecule has 4 rings (SSSR count). The smallest absolute Gasteiger partial charge is 0.254 e. The van der Waals surface area contributed by atoms with Gasteiger partial charge in [-0.25, -0.2) is 0 Å². The van der Waals surface area contributed by atoms with Crippen LogP contribution < -0.4 is 14.8 Å². The van der Waals surface area contributed by atoms with E-state index < -0.39 is 5.41 Å². The van der Waals surface area contributed by atoms with E-state index in [1.165, 1.54) is 7.11 Å². The van der Waals surface area contributed by atoms with Crippen LogP contribution in [-0.2, 0) is 10.2 Å². The fourth-order valence-corrected chi connectivity index (χ4v) is 3.91. The summed E-state index contributed by atoms with van der Waals surface area (Å²) in [7, 11) is 3.09. The summed E-state index contributed by atoms with van der Waals surface area (Å²) in [5.41, 5.74) is 1.69. The largest absolute Gasteiger partial charge is 0.493 e. The summed E-state index contributed by atoms with van der Waals surface area (Å²) in [5, 5.41) is 2.95. The molecule has 1 spiro atoms. The minimum Gasteiger partial charge on any atom is -0.493 e. The van der Waals surface area contributed by atoms with E-state index in [9.17, 15) is 9.59 Å². The number of nitrogens with one attached hydrogen (secondary N) is 1. The highest BCUT2D eigenvalue weighted by molar-refractivity contribution is 6.07. The van der Waals surface area contributed by atoms with E-state index in [0.29, 0.717) is 36.6 Å². The van der Waals surface area contributed by atoms with Crippen molar-refractivity contribution in [2.75, 3.05) is 32.6 Å². The number of likely N-dealkylation sites (tertiary alicyclic amines) is 1.